The molecule has 6 nitrogen and oxygen atoms in total. The third-order valence-electron chi connectivity index (χ3n) is 6.38. The highest BCUT2D eigenvalue weighted by Crippen LogP contribution is 2.39. The van der Waals surface area contributed by atoms with Crippen molar-refractivity contribution in [1.29, 1.82) is 0 Å². The fraction of sp³-hybridized carbons (Fsp3) is 0.333. The molecule has 1 aliphatic carbocycles. The summed E-state index contributed by atoms with van der Waals surface area (Å²) in [6.45, 7) is 4.37. The van der Waals surface area contributed by atoms with Crippen molar-refractivity contribution in [1.82, 2.24) is 10.2 Å². The number of carbonyl (C=O) groups excluding carboxylic acids is 2. The molecule has 5 rings (SSSR count). The van der Waals surface area contributed by atoms with Gasteiger partial charge in [0.15, 0.2) is 0 Å². The second kappa shape index (κ2) is 10.5. The molecule has 34 heavy (non-hydrogen) atoms. The number of hydrogen-bond acceptors (Lipinski definition) is 5. The molecule has 0 unspecified atom stereocenters. The average molecular weight is 476 g/mol. The summed E-state index contributed by atoms with van der Waals surface area (Å²) in [5, 5.41) is 6.01. The summed E-state index contributed by atoms with van der Waals surface area (Å²) >= 11 is 1.57. The van der Waals surface area contributed by atoms with Gasteiger partial charge in [0.05, 0.1) is 18.1 Å². The number of nitrogens with one attached hydrogen (secondary N) is 2. The first-order valence-corrected chi connectivity index (χ1v) is 12.7. The zero-order valence-corrected chi connectivity index (χ0v) is 20.0. The molecule has 2 amide bonds. The van der Waals surface area contributed by atoms with E-state index in [4.69, 9.17) is 4.74 Å². The van der Waals surface area contributed by atoms with Crippen LogP contribution in [-0.4, -0.2) is 49.6 Å². The zero-order chi connectivity index (χ0) is 23.3. The number of thiophene rings is 1. The number of nitrogens with zero attached hydrogens (tertiary/aromatic N) is 1. The van der Waals surface area contributed by atoms with Crippen LogP contribution in [0.1, 0.15) is 32.8 Å². The maximum absolute atomic E-state index is 12.9. The average Bonchev–Trinajstić information content (AvgIpc) is 3.32. The van der Waals surface area contributed by atoms with Gasteiger partial charge in [0.2, 0.25) is 5.91 Å². The van der Waals surface area contributed by atoms with Crippen LogP contribution in [0.5, 0.6) is 0 Å². The number of morpholine rings is 1. The maximum atomic E-state index is 12.9. The van der Waals surface area contributed by atoms with Gasteiger partial charge in [-0.25, -0.2) is 0 Å². The Hall–Kier alpha value is -3.00. The van der Waals surface area contributed by atoms with Crippen molar-refractivity contribution in [3.05, 3.63) is 76.2 Å². The molecule has 3 aromatic rings. The largest absolute Gasteiger partial charge is 0.379 e. The molecule has 0 saturated carbocycles. The molecule has 0 radical (unpaired) electrons. The van der Waals surface area contributed by atoms with Crippen LogP contribution in [0.3, 0.4) is 0 Å². The monoisotopic (exact) mass is 475 g/mol. The number of benzene rings is 2. The van der Waals surface area contributed by atoms with Gasteiger partial charge in [0.1, 0.15) is 0 Å². The van der Waals surface area contributed by atoms with E-state index in [1.165, 1.54) is 21.6 Å². The van der Waals surface area contributed by atoms with Gasteiger partial charge in [0.25, 0.3) is 5.91 Å². The van der Waals surface area contributed by atoms with E-state index in [0.29, 0.717) is 13.0 Å². The van der Waals surface area contributed by atoms with Crippen LogP contribution in [0.2, 0.25) is 0 Å². The van der Waals surface area contributed by atoms with E-state index in [9.17, 15) is 9.59 Å². The topological polar surface area (TPSA) is 70.7 Å². The highest BCUT2D eigenvalue weighted by molar-refractivity contribution is 7.17. The van der Waals surface area contributed by atoms with Gasteiger partial charge in [-0.15, -0.1) is 11.3 Å². The highest BCUT2D eigenvalue weighted by Gasteiger charge is 2.21. The van der Waals surface area contributed by atoms with E-state index in [2.05, 4.69) is 39.8 Å². The number of amides is 2. The molecule has 1 aromatic heterocycles. The van der Waals surface area contributed by atoms with E-state index in [0.717, 1.165) is 61.8 Å². The van der Waals surface area contributed by atoms with Gasteiger partial charge in [-0.2, -0.15) is 0 Å². The van der Waals surface area contributed by atoms with Gasteiger partial charge in [-0.1, -0.05) is 36.4 Å². The quantitative estimate of drug-likeness (QED) is 0.540. The van der Waals surface area contributed by atoms with Crippen molar-refractivity contribution in [3.8, 4) is 10.4 Å². The van der Waals surface area contributed by atoms with Gasteiger partial charge in [-0.05, 0) is 53.3 Å². The molecular weight excluding hydrogens is 446 g/mol. The van der Waals surface area contributed by atoms with Crippen LogP contribution in [0.4, 0.5) is 5.69 Å². The predicted molar refractivity (Wildman–Crippen MR) is 135 cm³/mol. The van der Waals surface area contributed by atoms with Crippen LogP contribution in [-0.2, 0) is 28.9 Å². The molecule has 1 saturated heterocycles. The Bertz CT molecular complexity index is 1180. The number of fused-ring (bicyclic) bond motifs is 3. The minimum Gasteiger partial charge on any atom is -0.379 e. The SMILES string of the molecule is O=C(CCN1CCOCC1)Nc1cccc(CNC(=O)c2cc3c(s2)-c2ccccc2CC3)c1. The van der Waals surface area contributed by atoms with Crippen molar-refractivity contribution in [3.63, 3.8) is 0 Å². The third-order valence-corrected chi connectivity index (χ3v) is 7.59. The highest BCUT2D eigenvalue weighted by atomic mass is 32.1. The molecule has 1 aliphatic heterocycles. The Labute approximate surface area is 203 Å². The minimum absolute atomic E-state index is 0.00266. The van der Waals surface area contributed by atoms with Crippen LogP contribution in [0, 0.1) is 0 Å². The van der Waals surface area contributed by atoms with E-state index >= 15 is 0 Å². The van der Waals surface area contributed by atoms with Crippen molar-refractivity contribution >= 4 is 28.8 Å². The molecule has 2 aromatic carbocycles. The molecule has 7 heteroatoms. The van der Waals surface area contributed by atoms with Crippen molar-refractivity contribution in [2.75, 3.05) is 38.2 Å². The number of aryl methyl sites for hydroxylation is 2. The Morgan fingerprint density at radius 2 is 1.79 bits per heavy atom. The minimum atomic E-state index is -0.0585. The Balaban J connectivity index is 1.15. The Morgan fingerprint density at radius 3 is 2.68 bits per heavy atom. The second-order valence-corrected chi connectivity index (χ2v) is 9.81. The summed E-state index contributed by atoms with van der Waals surface area (Å²) in [4.78, 5) is 29.4. The summed E-state index contributed by atoms with van der Waals surface area (Å²) < 4.78 is 5.35. The number of carbonyl (C=O) groups is 2. The lowest BCUT2D eigenvalue weighted by atomic mass is 9.91. The zero-order valence-electron chi connectivity index (χ0n) is 19.1. The molecule has 0 bridgehead atoms. The normalized spacial score (nSPS) is 15.3. The van der Waals surface area contributed by atoms with Crippen LogP contribution in [0.25, 0.3) is 10.4 Å². The number of rotatable bonds is 7. The van der Waals surface area contributed by atoms with Gasteiger partial charge < -0.3 is 15.4 Å². The number of ether oxygens (including phenoxy) is 1. The molecule has 2 N–H and O–H groups in total. The fourth-order valence-electron chi connectivity index (χ4n) is 4.52. The fourth-order valence-corrected chi connectivity index (χ4v) is 5.71. The predicted octanol–water partition coefficient (Wildman–Crippen LogP) is 4.10. The van der Waals surface area contributed by atoms with Crippen LogP contribution in [0.15, 0.2) is 54.6 Å². The molecule has 1 fully saturated rings. The van der Waals surface area contributed by atoms with Gasteiger partial charge >= 0.3 is 0 Å². The summed E-state index contributed by atoms with van der Waals surface area (Å²) in [5.74, 6) is -0.0612. The standard InChI is InChI=1S/C27H29N3O3S/c31-25(10-11-30-12-14-33-15-13-30)29-22-6-3-4-19(16-22)18-28-27(32)24-17-21-9-8-20-5-1-2-7-23(20)26(21)34-24/h1-7,16-17H,8-15,18H2,(H,28,32)(H,29,31). The first-order chi connectivity index (χ1) is 16.7. The maximum Gasteiger partial charge on any atom is 0.261 e. The second-order valence-electron chi connectivity index (χ2n) is 8.76. The van der Waals surface area contributed by atoms with Crippen LogP contribution < -0.4 is 10.6 Å². The van der Waals surface area contributed by atoms with E-state index in [-0.39, 0.29) is 11.8 Å². The van der Waals surface area contributed by atoms with Crippen LogP contribution >= 0.6 is 11.3 Å². The third kappa shape index (κ3) is 5.38. The Kier molecular flexibility index (Phi) is 7.04. The lowest BCUT2D eigenvalue weighted by Gasteiger charge is -2.26. The van der Waals surface area contributed by atoms with Gasteiger partial charge in [-0.3, -0.25) is 14.5 Å². The van der Waals surface area contributed by atoms with E-state index in [1.807, 2.05) is 30.3 Å². The summed E-state index contributed by atoms with van der Waals surface area (Å²) in [7, 11) is 0. The number of anilines is 1. The molecule has 0 atom stereocenters. The van der Waals surface area contributed by atoms with Crippen molar-refractivity contribution < 1.29 is 14.3 Å². The molecule has 2 heterocycles. The Morgan fingerprint density at radius 1 is 0.971 bits per heavy atom. The van der Waals surface area contributed by atoms with E-state index < -0.39 is 0 Å². The first kappa shape index (κ1) is 22.8. The van der Waals surface area contributed by atoms with E-state index in [1.54, 1.807) is 11.3 Å². The lowest BCUT2D eigenvalue weighted by molar-refractivity contribution is -0.116. The molecule has 2 aliphatic rings. The lowest BCUT2D eigenvalue weighted by Crippen LogP contribution is -2.38. The summed E-state index contributed by atoms with van der Waals surface area (Å²) in [5.41, 5.74) is 5.57. The van der Waals surface area contributed by atoms with Crippen molar-refractivity contribution in [2.45, 2.75) is 25.8 Å². The summed E-state index contributed by atoms with van der Waals surface area (Å²) in [6, 6.07) is 18.1. The molecule has 0 spiro atoms. The van der Waals surface area contributed by atoms with Crippen molar-refractivity contribution in [2.24, 2.45) is 0 Å². The first-order valence-electron chi connectivity index (χ1n) is 11.8. The van der Waals surface area contributed by atoms with Gasteiger partial charge in [0, 0.05) is 43.2 Å². The smallest absolute Gasteiger partial charge is 0.261 e. The number of hydrogen-bond donors (Lipinski definition) is 2. The summed E-state index contributed by atoms with van der Waals surface area (Å²) in [6.07, 6.45) is 2.45. The molecule has 176 valence electrons. The molecular formula is C27H29N3O3S.